The molecule has 0 N–H and O–H groups in total. The largest absolute Gasteiger partial charge is 0.0884 e. The van der Waals surface area contributed by atoms with E-state index in [9.17, 15) is 0 Å². The van der Waals surface area contributed by atoms with Gasteiger partial charge in [0.2, 0.25) is 0 Å². The fourth-order valence-corrected chi connectivity index (χ4v) is 1.53. The zero-order valence-electron chi connectivity index (χ0n) is 7.94. The van der Waals surface area contributed by atoms with E-state index in [0.717, 1.165) is 11.8 Å². The molecule has 0 bridgehead atoms. The van der Waals surface area contributed by atoms with E-state index in [1.54, 1.807) is 0 Å². The Kier molecular flexibility index (Phi) is 4.42. The maximum absolute atomic E-state index is 2.29. The van der Waals surface area contributed by atoms with Crippen molar-refractivity contribution in [2.45, 2.75) is 41.0 Å². The Labute approximate surface area is 65.3 Å². The molecule has 0 saturated carbocycles. The normalized spacial score (nSPS) is 16.0. The number of allylic oxidation sites excluding steroid dienone is 2. The first-order valence-corrected chi connectivity index (χ1v) is 4.26. The van der Waals surface area contributed by atoms with Crippen molar-refractivity contribution in [1.82, 2.24) is 0 Å². The highest BCUT2D eigenvalue weighted by atomic mass is 14.2. The Morgan fingerprint density at radius 2 is 1.90 bits per heavy atom. The maximum atomic E-state index is 2.29. The van der Waals surface area contributed by atoms with Gasteiger partial charge in [0.05, 0.1) is 0 Å². The molecule has 0 radical (unpaired) electrons. The summed E-state index contributed by atoms with van der Waals surface area (Å²) in [6.07, 6.45) is 3.50. The van der Waals surface area contributed by atoms with Gasteiger partial charge in [-0.15, -0.1) is 0 Å². The third-order valence-corrected chi connectivity index (χ3v) is 2.28. The minimum Gasteiger partial charge on any atom is -0.0884 e. The molecular formula is C10H20. The van der Waals surface area contributed by atoms with E-state index in [0.29, 0.717) is 0 Å². The van der Waals surface area contributed by atoms with Crippen LogP contribution in [0.3, 0.4) is 0 Å². The van der Waals surface area contributed by atoms with Gasteiger partial charge in [0.25, 0.3) is 0 Å². The van der Waals surface area contributed by atoms with Gasteiger partial charge >= 0.3 is 0 Å². The molecule has 0 amide bonds. The molecule has 0 nitrogen and oxygen atoms in total. The van der Waals surface area contributed by atoms with E-state index in [1.807, 2.05) is 0 Å². The van der Waals surface area contributed by atoms with Crippen molar-refractivity contribution in [3.63, 3.8) is 0 Å². The van der Waals surface area contributed by atoms with Crippen molar-refractivity contribution in [1.29, 1.82) is 0 Å². The van der Waals surface area contributed by atoms with Gasteiger partial charge in [0, 0.05) is 0 Å². The van der Waals surface area contributed by atoms with Gasteiger partial charge in [-0.3, -0.25) is 0 Å². The zero-order valence-corrected chi connectivity index (χ0v) is 7.94. The molecule has 0 saturated heterocycles. The fourth-order valence-electron chi connectivity index (χ4n) is 1.53. The summed E-state index contributed by atoms with van der Waals surface area (Å²) < 4.78 is 0. The first-order valence-electron chi connectivity index (χ1n) is 4.26. The van der Waals surface area contributed by atoms with Crippen molar-refractivity contribution in [3.8, 4) is 0 Å². The molecule has 0 aliphatic carbocycles. The van der Waals surface area contributed by atoms with Crippen LogP contribution in [0.4, 0.5) is 0 Å². The van der Waals surface area contributed by atoms with Crippen molar-refractivity contribution in [2.75, 3.05) is 0 Å². The second-order valence-electron chi connectivity index (χ2n) is 3.29. The van der Waals surface area contributed by atoms with Crippen LogP contribution in [0.25, 0.3) is 0 Å². The summed E-state index contributed by atoms with van der Waals surface area (Å²) in [5, 5.41) is 0. The van der Waals surface area contributed by atoms with E-state index < -0.39 is 0 Å². The third-order valence-electron chi connectivity index (χ3n) is 2.28. The smallest absolute Gasteiger partial charge is 0.0186 e. The summed E-state index contributed by atoms with van der Waals surface area (Å²) in [5.74, 6) is 1.59. The van der Waals surface area contributed by atoms with Crippen LogP contribution >= 0.6 is 0 Å². The standard InChI is InChI=1S/C10H20/c1-6-9(5)10(7-2)8(3)4/h6,8,10H,7H2,1-5H3/b9-6-/t10-/m0/s1. The molecule has 0 unspecified atom stereocenters. The molecule has 0 aromatic carbocycles. The molecule has 0 aliphatic heterocycles. The summed E-state index contributed by atoms with van der Waals surface area (Å²) in [6.45, 7) is 11.2. The summed E-state index contributed by atoms with van der Waals surface area (Å²) in [7, 11) is 0. The van der Waals surface area contributed by atoms with Gasteiger partial charge in [-0.25, -0.2) is 0 Å². The Morgan fingerprint density at radius 1 is 1.40 bits per heavy atom. The minimum atomic E-state index is 0.793. The Morgan fingerprint density at radius 3 is 2.00 bits per heavy atom. The molecule has 60 valence electrons. The van der Waals surface area contributed by atoms with E-state index in [2.05, 4.69) is 40.7 Å². The molecule has 0 rings (SSSR count). The first kappa shape index (κ1) is 9.74. The van der Waals surface area contributed by atoms with Gasteiger partial charge in [0.1, 0.15) is 0 Å². The van der Waals surface area contributed by atoms with E-state index >= 15 is 0 Å². The highest BCUT2D eigenvalue weighted by Crippen LogP contribution is 2.22. The summed E-state index contributed by atoms with van der Waals surface area (Å²) >= 11 is 0. The topological polar surface area (TPSA) is 0 Å². The van der Waals surface area contributed by atoms with Crippen molar-refractivity contribution < 1.29 is 0 Å². The molecule has 0 fully saturated rings. The van der Waals surface area contributed by atoms with Gasteiger partial charge in [-0.05, 0) is 32.1 Å². The number of hydrogen-bond donors (Lipinski definition) is 0. The van der Waals surface area contributed by atoms with E-state index in [4.69, 9.17) is 0 Å². The van der Waals surface area contributed by atoms with Crippen LogP contribution in [0.1, 0.15) is 41.0 Å². The minimum absolute atomic E-state index is 0.793. The lowest BCUT2D eigenvalue weighted by molar-refractivity contribution is 0.430. The molecule has 1 atom stereocenters. The summed E-state index contributed by atoms with van der Waals surface area (Å²) in [6, 6.07) is 0. The van der Waals surface area contributed by atoms with Crippen LogP contribution in [0.5, 0.6) is 0 Å². The monoisotopic (exact) mass is 140 g/mol. The number of hydrogen-bond acceptors (Lipinski definition) is 0. The lowest BCUT2D eigenvalue weighted by Gasteiger charge is -2.19. The fraction of sp³-hybridized carbons (Fsp3) is 0.800. The average molecular weight is 140 g/mol. The van der Waals surface area contributed by atoms with Crippen molar-refractivity contribution in [2.24, 2.45) is 11.8 Å². The molecule has 0 heteroatoms. The SMILES string of the molecule is C/C=C(/C)[C@@H](CC)C(C)C. The van der Waals surface area contributed by atoms with Crippen molar-refractivity contribution >= 4 is 0 Å². The quantitative estimate of drug-likeness (QED) is 0.525. The Bertz CT molecular complexity index is 109. The van der Waals surface area contributed by atoms with Gasteiger partial charge < -0.3 is 0 Å². The van der Waals surface area contributed by atoms with E-state index in [-0.39, 0.29) is 0 Å². The van der Waals surface area contributed by atoms with Gasteiger partial charge in [-0.1, -0.05) is 32.4 Å². The predicted molar refractivity (Wildman–Crippen MR) is 48.1 cm³/mol. The highest BCUT2D eigenvalue weighted by Gasteiger charge is 2.11. The molecule has 0 aromatic rings. The second-order valence-corrected chi connectivity index (χ2v) is 3.29. The predicted octanol–water partition coefficient (Wildman–Crippen LogP) is 3.63. The van der Waals surface area contributed by atoms with Crippen LogP contribution in [0.15, 0.2) is 11.6 Å². The van der Waals surface area contributed by atoms with Gasteiger partial charge in [-0.2, -0.15) is 0 Å². The average Bonchev–Trinajstić information content (AvgIpc) is 1.88. The molecular weight excluding hydrogens is 120 g/mol. The van der Waals surface area contributed by atoms with Gasteiger partial charge in [0.15, 0.2) is 0 Å². The van der Waals surface area contributed by atoms with E-state index in [1.165, 1.54) is 12.0 Å². The second kappa shape index (κ2) is 4.54. The van der Waals surface area contributed by atoms with Crippen LogP contribution in [0, 0.1) is 11.8 Å². The molecule has 0 aromatic heterocycles. The highest BCUT2D eigenvalue weighted by molar-refractivity contribution is 5.02. The van der Waals surface area contributed by atoms with Crippen LogP contribution < -0.4 is 0 Å². The molecule has 0 heterocycles. The Balaban J connectivity index is 4.07. The lowest BCUT2D eigenvalue weighted by Crippen LogP contribution is -2.08. The zero-order chi connectivity index (χ0) is 8.15. The third kappa shape index (κ3) is 2.55. The lowest BCUT2D eigenvalue weighted by atomic mass is 9.87. The summed E-state index contributed by atoms with van der Waals surface area (Å²) in [5.41, 5.74) is 1.54. The molecule has 0 spiro atoms. The van der Waals surface area contributed by atoms with Crippen molar-refractivity contribution in [3.05, 3.63) is 11.6 Å². The first-order chi connectivity index (χ1) is 4.63. The van der Waals surface area contributed by atoms with Crippen LogP contribution in [-0.2, 0) is 0 Å². The maximum Gasteiger partial charge on any atom is -0.0186 e. The molecule has 10 heavy (non-hydrogen) atoms. The van der Waals surface area contributed by atoms with Crippen LogP contribution in [0.2, 0.25) is 0 Å². The summed E-state index contributed by atoms with van der Waals surface area (Å²) in [4.78, 5) is 0. The Hall–Kier alpha value is -0.260. The van der Waals surface area contributed by atoms with Crippen LogP contribution in [-0.4, -0.2) is 0 Å². The molecule has 0 aliphatic rings. The number of rotatable bonds is 3.